The maximum Gasteiger partial charge on any atom is 0.199 e. The summed E-state index contributed by atoms with van der Waals surface area (Å²) in [5, 5.41) is 4.40. The van der Waals surface area contributed by atoms with Gasteiger partial charge in [-0.1, -0.05) is 31.5 Å². The Morgan fingerprint density at radius 2 is 2.11 bits per heavy atom. The molecule has 0 bridgehead atoms. The zero-order valence-corrected chi connectivity index (χ0v) is 12.1. The van der Waals surface area contributed by atoms with Gasteiger partial charge in [0.1, 0.15) is 10.7 Å². The number of halogens is 1. The van der Waals surface area contributed by atoms with E-state index in [0.717, 1.165) is 27.3 Å². The van der Waals surface area contributed by atoms with Crippen molar-refractivity contribution in [3.63, 3.8) is 0 Å². The Morgan fingerprint density at radius 1 is 1.26 bits per heavy atom. The summed E-state index contributed by atoms with van der Waals surface area (Å²) in [6, 6.07) is 5.62. The Hall–Kier alpha value is -1.52. The molecule has 3 rings (SSSR count). The minimum Gasteiger partial charge on any atom is -0.239 e. The van der Waals surface area contributed by atoms with Crippen molar-refractivity contribution in [1.82, 2.24) is 15.0 Å². The number of hydrogen-bond donors (Lipinski definition) is 0. The van der Waals surface area contributed by atoms with E-state index in [1.807, 2.05) is 18.2 Å². The van der Waals surface area contributed by atoms with Crippen molar-refractivity contribution in [3.05, 3.63) is 40.6 Å². The fourth-order valence-corrected chi connectivity index (χ4v) is 3.07. The molecule has 0 atom stereocenters. The predicted molar refractivity (Wildman–Crippen MR) is 78.6 cm³/mol. The van der Waals surface area contributed by atoms with Crippen molar-refractivity contribution < 1.29 is 0 Å². The van der Waals surface area contributed by atoms with Crippen LogP contribution in [0.5, 0.6) is 0 Å². The first kappa shape index (κ1) is 12.5. The lowest BCUT2D eigenvalue weighted by atomic mass is 10.1. The molecule has 5 heteroatoms. The first-order valence-corrected chi connectivity index (χ1v) is 7.20. The van der Waals surface area contributed by atoms with Crippen LogP contribution >= 0.6 is 22.9 Å². The summed E-state index contributed by atoms with van der Waals surface area (Å²) < 4.78 is 0. The lowest BCUT2D eigenvalue weighted by Crippen LogP contribution is -1.91. The zero-order chi connectivity index (χ0) is 13.4. The number of fused-ring (bicyclic) bond motifs is 1. The van der Waals surface area contributed by atoms with Gasteiger partial charge in [0.25, 0.3) is 0 Å². The number of hydrogen-bond acceptors (Lipinski definition) is 4. The van der Waals surface area contributed by atoms with E-state index in [1.54, 1.807) is 11.3 Å². The Bertz CT molecular complexity index is 731. The third kappa shape index (κ3) is 2.22. The van der Waals surface area contributed by atoms with Crippen molar-refractivity contribution in [1.29, 1.82) is 0 Å². The standard InChI is InChI=1S/C14H11ClN3S/c1-8(2)11-6-19-14(18-11)13-12-9(15)4-3-5-10(12)16-7-17-13/h3-6,8H,1-2H3. The van der Waals surface area contributed by atoms with Crippen LogP contribution in [0.15, 0.2) is 23.6 Å². The number of thiazole rings is 1. The van der Waals surface area contributed by atoms with Crippen LogP contribution in [0.2, 0.25) is 5.02 Å². The van der Waals surface area contributed by atoms with E-state index in [4.69, 9.17) is 11.6 Å². The Morgan fingerprint density at radius 3 is 2.84 bits per heavy atom. The van der Waals surface area contributed by atoms with Gasteiger partial charge in [-0.25, -0.2) is 15.0 Å². The fraction of sp³-hybridized carbons (Fsp3) is 0.214. The van der Waals surface area contributed by atoms with Gasteiger partial charge in [0.15, 0.2) is 6.33 Å². The molecular weight excluding hydrogens is 278 g/mol. The molecule has 95 valence electrons. The molecule has 2 heterocycles. The van der Waals surface area contributed by atoms with Crippen molar-refractivity contribution in [2.75, 3.05) is 0 Å². The highest BCUT2D eigenvalue weighted by Gasteiger charge is 2.14. The van der Waals surface area contributed by atoms with Crippen LogP contribution in [-0.2, 0) is 0 Å². The third-order valence-electron chi connectivity index (χ3n) is 2.88. The van der Waals surface area contributed by atoms with Crippen molar-refractivity contribution in [3.8, 4) is 10.7 Å². The Labute approximate surface area is 120 Å². The molecule has 0 aliphatic rings. The predicted octanol–water partition coefficient (Wildman–Crippen LogP) is 4.33. The lowest BCUT2D eigenvalue weighted by molar-refractivity contribution is 0.834. The van der Waals surface area contributed by atoms with Gasteiger partial charge in [0.05, 0.1) is 16.2 Å². The molecule has 3 nitrogen and oxygen atoms in total. The first-order valence-electron chi connectivity index (χ1n) is 5.95. The zero-order valence-electron chi connectivity index (χ0n) is 10.5. The summed E-state index contributed by atoms with van der Waals surface area (Å²) in [7, 11) is 0. The fourth-order valence-electron chi connectivity index (χ4n) is 1.84. The number of benzene rings is 1. The SMILES string of the molecule is CC(C)c1csc(-c2n[c]nc3cccc(Cl)c23)n1. The molecule has 2 aromatic heterocycles. The lowest BCUT2D eigenvalue weighted by Gasteiger charge is -2.03. The molecule has 3 aromatic rings. The van der Waals surface area contributed by atoms with Crippen LogP contribution in [0.1, 0.15) is 25.5 Å². The minimum atomic E-state index is 0.401. The van der Waals surface area contributed by atoms with Crippen LogP contribution in [-0.4, -0.2) is 15.0 Å². The average Bonchev–Trinajstić information content (AvgIpc) is 2.88. The highest BCUT2D eigenvalue weighted by atomic mass is 35.5. The summed E-state index contributed by atoms with van der Waals surface area (Å²) in [6.45, 7) is 4.24. The maximum atomic E-state index is 6.26. The van der Waals surface area contributed by atoms with E-state index in [2.05, 4.69) is 40.5 Å². The van der Waals surface area contributed by atoms with Gasteiger partial charge in [-0.05, 0) is 18.1 Å². The summed E-state index contributed by atoms with van der Waals surface area (Å²) >= 11 is 7.84. The second-order valence-electron chi connectivity index (χ2n) is 4.54. The number of aromatic nitrogens is 3. The highest BCUT2D eigenvalue weighted by molar-refractivity contribution is 7.13. The molecule has 0 aliphatic heterocycles. The summed E-state index contributed by atoms with van der Waals surface area (Å²) in [4.78, 5) is 13.0. The molecule has 0 saturated heterocycles. The van der Waals surface area contributed by atoms with E-state index < -0.39 is 0 Å². The van der Waals surface area contributed by atoms with Gasteiger partial charge in [0, 0.05) is 10.8 Å². The molecular formula is C14H11ClN3S. The van der Waals surface area contributed by atoms with Crippen LogP contribution in [0.25, 0.3) is 21.6 Å². The second-order valence-corrected chi connectivity index (χ2v) is 5.80. The van der Waals surface area contributed by atoms with Crippen LogP contribution in [0, 0.1) is 6.33 Å². The van der Waals surface area contributed by atoms with Crippen LogP contribution in [0.4, 0.5) is 0 Å². The van der Waals surface area contributed by atoms with Gasteiger partial charge in [-0.2, -0.15) is 0 Å². The monoisotopic (exact) mass is 288 g/mol. The van der Waals surface area contributed by atoms with Gasteiger partial charge >= 0.3 is 0 Å². The molecule has 0 amide bonds. The van der Waals surface area contributed by atoms with E-state index in [9.17, 15) is 0 Å². The number of nitrogens with zero attached hydrogens (tertiary/aromatic N) is 3. The first-order chi connectivity index (χ1) is 9.16. The Kier molecular flexibility index (Phi) is 3.21. The summed E-state index contributed by atoms with van der Waals surface area (Å²) in [5.41, 5.74) is 2.62. The van der Waals surface area contributed by atoms with Gasteiger partial charge < -0.3 is 0 Å². The molecule has 0 unspecified atom stereocenters. The quantitative estimate of drug-likeness (QED) is 0.704. The molecule has 0 fully saturated rings. The highest BCUT2D eigenvalue weighted by Crippen LogP contribution is 2.33. The van der Waals surface area contributed by atoms with Gasteiger partial charge in [-0.15, -0.1) is 11.3 Å². The molecule has 0 N–H and O–H groups in total. The third-order valence-corrected chi connectivity index (χ3v) is 4.06. The van der Waals surface area contributed by atoms with Gasteiger partial charge in [0.2, 0.25) is 0 Å². The molecule has 1 aromatic carbocycles. The minimum absolute atomic E-state index is 0.401. The molecule has 19 heavy (non-hydrogen) atoms. The van der Waals surface area contributed by atoms with Crippen molar-refractivity contribution in [2.24, 2.45) is 0 Å². The van der Waals surface area contributed by atoms with E-state index in [-0.39, 0.29) is 0 Å². The molecule has 0 spiro atoms. The normalized spacial score (nSPS) is 11.4. The van der Waals surface area contributed by atoms with Crippen LogP contribution < -0.4 is 0 Å². The second kappa shape index (κ2) is 4.87. The molecule has 0 aliphatic carbocycles. The maximum absolute atomic E-state index is 6.26. The topological polar surface area (TPSA) is 38.7 Å². The van der Waals surface area contributed by atoms with Crippen LogP contribution in [0.3, 0.4) is 0 Å². The van der Waals surface area contributed by atoms with Crippen molar-refractivity contribution >= 4 is 33.8 Å². The molecule has 0 saturated carbocycles. The summed E-state index contributed by atoms with van der Waals surface area (Å²) in [5.74, 6) is 0.401. The van der Waals surface area contributed by atoms with E-state index >= 15 is 0 Å². The van der Waals surface area contributed by atoms with Gasteiger partial charge in [-0.3, -0.25) is 0 Å². The molecule has 1 radical (unpaired) electrons. The average molecular weight is 289 g/mol. The Balaban J connectivity index is 2.24. The summed E-state index contributed by atoms with van der Waals surface area (Å²) in [6.07, 6.45) is 2.68. The van der Waals surface area contributed by atoms with Crippen molar-refractivity contribution in [2.45, 2.75) is 19.8 Å². The smallest absolute Gasteiger partial charge is 0.199 e. The van der Waals surface area contributed by atoms with E-state index in [0.29, 0.717) is 10.9 Å². The van der Waals surface area contributed by atoms with E-state index in [1.165, 1.54) is 0 Å². The largest absolute Gasteiger partial charge is 0.239 e. The number of rotatable bonds is 2.